The van der Waals surface area contributed by atoms with Gasteiger partial charge in [0, 0.05) is 19.1 Å². The highest BCUT2D eigenvalue weighted by atomic mass is 19.1. The van der Waals surface area contributed by atoms with Gasteiger partial charge >= 0.3 is 0 Å². The van der Waals surface area contributed by atoms with Gasteiger partial charge in [0.05, 0.1) is 0 Å². The number of halogens is 1. The Kier molecular flexibility index (Phi) is 4.29. The topological polar surface area (TPSA) is 3.24 Å². The van der Waals surface area contributed by atoms with Crippen LogP contribution in [-0.2, 0) is 5.67 Å². The highest BCUT2D eigenvalue weighted by Crippen LogP contribution is 2.37. The van der Waals surface area contributed by atoms with Gasteiger partial charge in [-0.3, -0.25) is 0 Å². The third-order valence-electron chi connectivity index (χ3n) is 4.42. The molecule has 1 heterocycles. The molecule has 2 heteroatoms. The fraction of sp³-hybridized carbons (Fsp3) is 0.647. The zero-order valence-corrected chi connectivity index (χ0v) is 12.6. The first-order chi connectivity index (χ1) is 8.92. The molecule has 1 aliphatic heterocycles. The average molecular weight is 263 g/mol. The summed E-state index contributed by atoms with van der Waals surface area (Å²) in [6.45, 7) is 10.4. The van der Waals surface area contributed by atoms with Crippen LogP contribution >= 0.6 is 0 Å². The number of benzene rings is 1. The van der Waals surface area contributed by atoms with Gasteiger partial charge in [0.15, 0.2) is 0 Å². The number of likely N-dealkylation sites (tertiary alicyclic amines) is 1. The Morgan fingerprint density at radius 3 is 1.95 bits per heavy atom. The van der Waals surface area contributed by atoms with Crippen LogP contribution in [0.2, 0.25) is 0 Å². The van der Waals surface area contributed by atoms with Crippen molar-refractivity contribution in [2.45, 2.75) is 58.2 Å². The predicted molar refractivity (Wildman–Crippen MR) is 79.3 cm³/mol. The quantitative estimate of drug-likeness (QED) is 0.777. The van der Waals surface area contributed by atoms with Crippen LogP contribution in [0.3, 0.4) is 0 Å². The van der Waals surface area contributed by atoms with Gasteiger partial charge in [0.1, 0.15) is 5.67 Å². The Balaban J connectivity index is 2.09. The first-order valence-corrected chi connectivity index (χ1v) is 7.46. The van der Waals surface area contributed by atoms with E-state index in [9.17, 15) is 0 Å². The molecule has 0 unspecified atom stereocenters. The first kappa shape index (κ1) is 14.5. The second-order valence-corrected chi connectivity index (χ2v) is 6.37. The molecule has 2 rings (SSSR count). The Morgan fingerprint density at radius 2 is 1.53 bits per heavy atom. The van der Waals surface area contributed by atoms with Crippen LogP contribution in [-0.4, -0.2) is 24.0 Å². The summed E-state index contributed by atoms with van der Waals surface area (Å²) in [4.78, 5) is 2.36. The van der Waals surface area contributed by atoms with Gasteiger partial charge in [-0.15, -0.1) is 0 Å². The molecule has 0 saturated carbocycles. The Hall–Kier alpha value is -0.890. The van der Waals surface area contributed by atoms with E-state index in [2.05, 4.69) is 44.7 Å². The summed E-state index contributed by atoms with van der Waals surface area (Å²) in [5.41, 5.74) is 1.02. The molecule has 1 fully saturated rings. The third-order valence-corrected chi connectivity index (χ3v) is 4.42. The third kappa shape index (κ3) is 3.17. The first-order valence-electron chi connectivity index (χ1n) is 7.46. The Bertz CT molecular complexity index is 400. The lowest BCUT2D eigenvalue weighted by Gasteiger charge is -2.38. The van der Waals surface area contributed by atoms with Crippen LogP contribution in [0.4, 0.5) is 4.39 Å². The largest absolute Gasteiger partial charge is 0.301 e. The fourth-order valence-electron chi connectivity index (χ4n) is 2.85. The van der Waals surface area contributed by atoms with Crippen molar-refractivity contribution < 1.29 is 4.39 Å². The van der Waals surface area contributed by atoms with Gasteiger partial charge in [-0.2, -0.15) is 0 Å². The lowest BCUT2D eigenvalue weighted by atomic mass is 9.85. The van der Waals surface area contributed by atoms with Crippen molar-refractivity contribution in [3.8, 4) is 0 Å². The molecule has 1 saturated heterocycles. The van der Waals surface area contributed by atoms with Crippen molar-refractivity contribution in [1.82, 2.24) is 4.90 Å². The van der Waals surface area contributed by atoms with E-state index >= 15 is 4.39 Å². The fourth-order valence-corrected chi connectivity index (χ4v) is 2.85. The van der Waals surface area contributed by atoms with Gasteiger partial charge in [-0.1, -0.05) is 38.1 Å². The standard InChI is InChI=1S/C17H26FN/c1-13(2)15-5-7-16(8-6-15)17(18)9-11-19(12-10-17)14(3)4/h5-8,13-14H,9-12H2,1-4H3. The molecule has 0 atom stereocenters. The summed E-state index contributed by atoms with van der Waals surface area (Å²) >= 11 is 0. The SMILES string of the molecule is CC(C)c1ccc(C2(F)CCN(C(C)C)CC2)cc1. The van der Waals surface area contributed by atoms with E-state index in [4.69, 9.17) is 0 Å². The van der Waals surface area contributed by atoms with E-state index in [0.717, 1.165) is 18.7 Å². The average Bonchev–Trinajstić information content (AvgIpc) is 2.39. The van der Waals surface area contributed by atoms with E-state index < -0.39 is 5.67 Å². The molecule has 106 valence electrons. The monoisotopic (exact) mass is 263 g/mol. The molecule has 0 aliphatic carbocycles. The van der Waals surface area contributed by atoms with Crippen LogP contribution in [0.1, 0.15) is 57.6 Å². The highest BCUT2D eigenvalue weighted by Gasteiger charge is 2.36. The summed E-state index contributed by atoms with van der Waals surface area (Å²) < 4.78 is 15.0. The molecule has 1 aromatic rings. The molecule has 0 spiro atoms. The zero-order valence-electron chi connectivity index (χ0n) is 12.6. The molecule has 0 N–H and O–H groups in total. The minimum absolute atomic E-state index is 0.507. The predicted octanol–water partition coefficient (Wildman–Crippen LogP) is 4.48. The molecule has 1 nitrogen and oxygen atoms in total. The van der Waals surface area contributed by atoms with Crippen LogP contribution in [0, 0.1) is 0 Å². The Labute approximate surface area is 116 Å². The van der Waals surface area contributed by atoms with Gasteiger partial charge < -0.3 is 4.90 Å². The summed E-state index contributed by atoms with van der Waals surface area (Å²) in [5, 5.41) is 0. The molecular weight excluding hydrogens is 237 g/mol. The molecule has 1 aliphatic rings. The van der Waals surface area contributed by atoms with Crippen molar-refractivity contribution in [2.24, 2.45) is 0 Å². The highest BCUT2D eigenvalue weighted by molar-refractivity contribution is 5.29. The van der Waals surface area contributed by atoms with Gasteiger partial charge in [-0.25, -0.2) is 4.39 Å². The molecule has 0 radical (unpaired) electrons. The second kappa shape index (κ2) is 5.62. The molecule has 19 heavy (non-hydrogen) atoms. The Morgan fingerprint density at radius 1 is 1.00 bits per heavy atom. The zero-order chi connectivity index (χ0) is 14.0. The number of nitrogens with zero attached hydrogens (tertiary/aromatic N) is 1. The lowest BCUT2D eigenvalue weighted by molar-refractivity contribution is 0.0426. The maximum Gasteiger partial charge on any atom is 0.138 e. The van der Waals surface area contributed by atoms with Crippen LogP contribution < -0.4 is 0 Å². The molecule has 0 aromatic heterocycles. The minimum Gasteiger partial charge on any atom is -0.301 e. The minimum atomic E-state index is -1.12. The second-order valence-electron chi connectivity index (χ2n) is 6.37. The van der Waals surface area contributed by atoms with E-state index in [1.165, 1.54) is 5.56 Å². The number of piperidine rings is 1. The normalized spacial score (nSPS) is 20.2. The summed E-state index contributed by atoms with van der Waals surface area (Å²) in [6, 6.07) is 8.65. The van der Waals surface area contributed by atoms with Gasteiger partial charge in [-0.05, 0) is 43.7 Å². The number of hydrogen-bond donors (Lipinski definition) is 0. The molecule has 0 bridgehead atoms. The van der Waals surface area contributed by atoms with Crippen molar-refractivity contribution in [1.29, 1.82) is 0 Å². The van der Waals surface area contributed by atoms with E-state index in [1.807, 2.05) is 12.1 Å². The smallest absolute Gasteiger partial charge is 0.138 e. The van der Waals surface area contributed by atoms with Gasteiger partial charge in [0.2, 0.25) is 0 Å². The van der Waals surface area contributed by atoms with E-state index in [-0.39, 0.29) is 0 Å². The molecule has 0 amide bonds. The number of rotatable bonds is 3. The van der Waals surface area contributed by atoms with Crippen molar-refractivity contribution >= 4 is 0 Å². The van der Waals surface area contributed by atoms with E-state index in [0.29, 0.717) is 24.8 Å². The number of alkyl halides is 1. The van der Waals surface area contributed by atoms with Crippen LogP contribution in [0.25, 0.3) is 0 Å². The molecule has 1 aromatic carbocycles. The van der Waals surface area contributed by atoms with E-state index in [1.54, 1.807) is 0 Å². The van der Waals surface area contributed by atoms with Gasteiger partial charge in [0.25, 0.3) is 0 Å². The summed E-state index contributed by atoms with van der Waals surface area (Å²) in [7, 11) is 0. The maximum atomic E-state index is 15.0. The van der Waals surface area contributed by atoms with Crippen LogP contribution in [0.15, 0.2) is 24.3 Å². The van der Waals surface area contributed by atoms with Crippen molar-refractivity contribution in [3.63, 3.8) is 0 Å². The van der Waals surface area contributed by atoms with Crippen molar-refractivity contribution in [3.05, 3.63) is 35.4 Å². The summed E-state index contributed by atoms with van der Waals surface area (Å²) in [6.07, 6.45) is 1.23. The lowest BCUT2D eigenvalue weighted by Crippen LogP contribution is -2.43. The summed E-state index contributed by atoms with van der Waals surface area (Å²) in [5.74, 6) is 0.507. The molecular formula is C17H26FN. The van der Waals surface area contributed by atoms with Crippen molar-refractivity contribution in [2.75, 3.05) is 13.1 Å². The maximum absolute atomic E-state index is 15.0. The van der Waals surface area contributed by atoms with Crippen LogP contribution in [0.5, 0.6) is 0 Å². The number of hydrogen-bond acceptors (Lipinski definition) is 1.